The first-order valence-corrected chi connectivity index (χ1v) is 49.5. The summed E-state index contributed by atoms with van der Waals surface area (Å²) in [7, 11) is 1.74. The van der Waals surface area contributed by atoms with Crippen LogP contribution in [-0.2, 0) is 86.1 Å². The fourth-order valence-electron chi connectivity index (χ4n) is 20.3. The molecule has 0 heterocycles. The number of aldehydes is 1. The number of ketones is 1. The van der Waals surface area contributed by atoms with Crippen LogP contribution >= 0.6 is 13.8 Å². The second kappa shape index (κ2) is 53.1. The molecule has 3 fully saturated rings. The number of allylic oxidation sites excluding steroid dienone is 2. The van der Waals surface area contributed by atoms with E-state index in [0.29, 0.717) is 31.1 Å². The summed E-state index contributed by atoms with van der Waals surface area (Å²) in [5.74, 6) is 11.7. The van der Waals surface area contributed by atoms with Crippen LogP contribution < -0.4 is 31.8 Å². The van der Waals surface area contributed by atoms with Gasteiger partial charge in [0.25, 0.3) is 0 Å². The summed E-state index contributed by atoms with van der Waals surface area (Å²) in [5, 5.41) is 8.34. The fourth-order valence-corrected chi connectivity index (χ4v) is 28.1. The Kier molecular flexibility index (Phi) is 43.5. The largest absolute Gasteiger partial charge is 0.358 e. The van der Waals surface area contributed by atoms with Crippen molar-refractivity contribution >= 4 is 69.4 Å². The molecule has 10 heteroatoms. The molecule has 0 radical (unpaired) electrons. The minimum Gasteiger partial charge on any atom is -0.358 e. The zero-order valence-corrected chi connectivity index (χ0v) is 76.7. The SMILES string of the molecule is C.C.CCCC1CCC(/C=C/C2CCc3cc(F)ccc3C2)CC1.CCCC1CCC(C=P(c2ccccc2)(c2ccccc2)c2ccccc2)CC1.CCCC1CCC(CCC2CCc3cc(F)ccc3C2)CC1.COC=P(c1ccccc1)(c1ccccc1)c1ccccc1.O=C1CCc2cc(F)ccc2C1.O=CC1CCc2cc(F)ccc2C1.[CH3-].[HH].[Pd]. The monoisotopic (exact) mass is 1810 g/mol. The number of aryl methyl sites for hydroxylation is 4. The van der Waals surface area contributed by atoms with Crippen LogP contribution in [0.25, 0.3) is 0 Å². The number of hydrogen-bond donors (Lipinski definition) is 0. The van der Waals surface area contributed by atoms with E-state index in [1.54, 1.807) is 49.6 Å². The van der Waals surface area contributed by atoms with Gasteiger partial charge < -0.3 is 17.0 Å². The van der Waals surface area contributed by atoms with Crippen LogP contribution in [0, 0.1) is 84.0 Å². The third-order valence-electron chi connectivity index (χ3n) is 26.9. The summed E-state index contributed by atoms with van der Waals surface area (Å²) in [6, 6.07) is 86.0. The van der Waals surface area contributed by atoms with Gasteiger partial charge in [-0.3, -0.25) is 4.79 Å². The molecule has 0 bridgehead atoms. The van der Waals surface area contributed by atoms with Crippen molar-refractivity contribution in [1.29, 1.82) is 0 Å². The molecular weight excluding hydrogens is 1660 g/mol. The zero-order chi connectivity index (χ0) is 83.7. The summed E-state index contributed by atoms with van der Waals surface area (Å²) < 4.78 is 57.6. The van der Waals surface area contributed by atoms with Crippen LogP contribution in [0.2, 0.25) is 0 Å². The molecule has 3 saturated carbocycles. The number of fused-ring (bicyclic) bond motifs is 4. The van der Waals surface area contributed by atoms with Gasteiger partial charge in [0.05, 0.1) is 0 Å². The Labute approximate surface area is 761 Å². The van der Waals surface area contributed by atoms with E-state index in [0.717, 1.165) is 103 Å². The molecule has 3 atom stereocenters. The molecule has 10 aromatic carbocycles. The average Bonchev–Trinajstić information content (AvgIpc) is 0.756. The van der Waals surface area contributed by atoms with Crippen molar-refractivity contribution in [3.05, 3.63) is 342 Å². The first kappa shape index (κ1) is 102. The molecule has 0 N–H and O–H groups in total. The van der Waals surface area contributed by atoms with Crippen LogP contribution in [-0.4, -0.2) is 31.0 Å². The van der Waals surface area contributed by atoms with Crippen molar-refractivity contribution in [2.75, 3.05) is 7.11 Å². The van der Waals surface area contributed by atoms with E-state index in [1.807, 2.05) is 18.1 Å². The Morgan fingerprint density at radius 2 is 0.637 bits per heavy atom. The maximum absolute atomic E-state index is 13.3. The van der Waals surface area contributed by atoms with Crippen molar-refractivity contribution in [3.63, 3.8) is 0 Å². The van der Waals surface area contributed by atoms with Crippen LogP contribution in [0.15, 0.2) is 267 Å². The molecule has 17 rings (SSSR count). The van der Waals surface area contributed by atoms with Crippen LogP contribution in [0.1, 0.15) is 236 Å². The number of Topliss-reactive ketones (excluding diaryl/α,β-unsaturated/α-hetero) is 1. The molecule has 0 amide bonds. The van der Waals surface area contributed by atoms with Crippen LogP contribution in [0.4, 0.5) is 17.6 Å². The number of rotatable bonds is 20. The van der Waals surface area contributed by atoms with Gasteiger partial charge in [-0.15, -0.1) is 0 Å². The molecule has 3 nitrogen and oxygen atoms in total. The number of hydrogen-bond acceptors (Lipinski definition) is 3. The molecule has 7 aliphatic rings. The third-order valence-corrected chi connectivity index (χ3v) is 35.0. The van der Waals surface area contributed by atoms with Gasteiger partial charge in [-0.25, -0.2) is 17.6 Å². The van der Waals surface area contributed by atoms with Crippen molar-refractivity contribution in [3.8, 4) is 0 Å². The van der Waals surface area contributed by atoms with Gasteiger partial charge in [0.2, 0.25) is 0 Å². The summed E-state index contributed by atoms with van der Waals surface area (Å²) in [5.41, 5.74) is 9.43. The first-order valence-electron chi connectivity index (χ1n) is 45.8. The van der Waals surface area contributed by atoms with Gasteiger partial charge in [-0.2, -0.15) is 0 Å². The Morgan fingerprint density at radius 1 is 0.331 bits per heavy atom. The minimum atomic E-state index is -1.90. The minimum absolute atomic E-state index is 0. The Hall–Kier alpha value is -7.78. The number of ether oxygens (including phenoxy) is 1. The number of methoxy groups -OCH3 is 1. The molecule has 0 saturated heterocycles. The Balaban J connectivity index is 0.000000208. The standard InChI is InChI=1S/C28H33P.C21H31F.C21H29F.C20H19OP.C11H11FO.C10H9FO.2CH4.CH3.Pd.H2/c1-2-12-24-19-21-25(22-20-24)23-29(26-13-6-3-7-14-26,27-15-8-4-9-16-27)28-17-10-5-11-18-28;2*1-2-3-16-4-6-17(7-5-16)8-9-18-10-11-20-15-21(22)13-12-19(20)14-18;1-21-17-22(18-11-5-2-6-12-18,19-13-7-3-8-14-19)20-15-9-4-10-16-20;12-11-4-3-9-5-8(7-13)1-2-10(9)6-11;11-9-3-1-8-6-10(12)4-2-7(8)5-9;;;;;/h3-11,13-18,23-25H,2,12,19-22H2,1H3;12-13,15-18H,2-11,14H2,1H3;8-9,12-13,15-18H,2-7,10-11,14H2,1H3;2-17H,1H3;3-4,6-8H,1-2,5H2;1,3,5H,2,4,6H2;2*1H4;1H3;;1H/q;;;;;;;;-1;;/b;;9-8+;;;;;;;;. The zero-order valence-electron chi connectivity index (χ0n) is 73.4. The molecule has 7 aliphatic carbocycles. The summed E-state index contributed by atoms with van der Waals surface area (Å²) in [6.45, 7) is 3.27. The van der Waals surface area contributed by atoms with Crippen LogP contribution in [0.3, 0.4) is 0 Å². The topological polar surface area (TPSA) is 43.4 Å². The Bertz CT molecular complexity index is 4700. The quantitative estimate of drug-likeness (QED) is 0.0191. The normalized spacial score (nSPS) is 20.4. The van der Waals surface area contributed by atoms with E-state index in [2.05, 4.69) is 221 Å². The van der Waals surface area contributed by atoms with Gasteiger partial charge in [0.15, 0.2) is 0 Å². The summed E-state index contributed by atoms with van der Waals surface area (Å²) in [6.07, 6.45) is 45.2. The van der Waals surface area contributed by atoms with Crippen molar-refractivity contribution in [1.82, 2.24) is 0 Å². The smallest absolute Gasteiger partial charge is 0.137 e. The van der Waals surface area contributed by atoms with Gasteiger partial charge in [0, 0.05) is 53.7 Å². The second-order valence-corrected chi connectivity index (χ2v) is 41.8. The maximum atomic E-state index is 13.3. The Morgan fingerprint density at radius 3 is 1.02 bits per heavy atom. The van der Waals surface area contributed by atoms with E-state index in [1.165, 1.54) is 220 Å². The molecule has 0 aliphatic heterocycles. The predicted molar refractivity (Wildman–Crippen MR) is 526 cm³/mol. The number of carbonyl (C=O) groups excluding carboxylic acids is 2. The molecule has 3 unspecified atom stereocenters. The second-order valence-electron chi connectivity index (χ2n) is 35.3. The average molecular weight is 1810 g/mol. The van der Waals surface area contributed by atoms with Crippen molar-refractivity contribution in [2.45, 2.75) is 241 Å². The molecule has 668 valence electrons. The van der Waals surface area contributed by atoms with Crippen LogP contribution in [0.5, 0.6) is 0 Å². The fraction of sp³-hybridized carbons (Fsp3) is 0.412. The van der Waals surface area contributed by atoms with Crippen molar-refractivity contribution < 1.29 is 53.7 Å². The number of halogens is 4. The van der Waals surface area contributed by atoms with Crippen molar-refractivity contribution in [2.24, 2.45) is 53.3 Å². The maximum Gasteiger partial charge on any atom is 0.137 e. The molecular formula is C114H145F4O3P2Pd-. The van der Waals surface area contributed by atoms with E-state index in [4.69, 9.17) is 4.74 Å². The first-order chi connectivity index (χ1) is 58.7. The van der Waals surface area contributed by atoms with Gasteiger partial charge in [-0.1, -0.05) is 330 Å². The molecule has 124 heavy (non-hydrogen) atoms. The van der Waals surface area contributed by atoms with E-state index < -0.39 is 13.8 Å². The van der Waals surface area contributed by atoms with Gasteiger partial charge >= 0.3 is 0 Å². The predicted octanol–water partition coefficient (Wildman–Crippen LogP) is 28.2. The van der Waals surface area contributed by atoms with Gasteiger partial charge in [0.1, 0.15) is 35.3 Å². The number of benzene rings is 10. The van der Waals surface area contributed by atoms with Gasteiger partial charge in [-0.05, 0) is 308 Å². The van der Waals surface area contributed by atoms with E-state index in [9.17, 15) is 27.2 Å². The molecule has 10 aromatic rings. The molecule has 0 spiro atoms. The summed E-state index contributed by atoms with van der Waals surface area (Å²) in [4.78, 5) is 21.6. The molecule has 0 aromatic heterocycles. The third kappa shape index (κ3) is 29.1. The summed E-state index contributed by atoms with van der Waals surface area (Å²) >= 11 is 0. The van der Waals surface area contributed by atoms with E-state index >= 15 is 0 Å². The number of carbonyl (C=O) groups is 2. The van der Waals surface area contributed by atoms with E-state index in [-0.39, 0.29) is 79.1 Å².